The molecule has 3 N–H and O–H groups in total. The van der Waals surface area contributed by atoms with Crippen molar-refractivity contribution in [2.75, 3.05) is 25.4 Å². The van der Waals surface area contributed by atoms with Gasteiger partial charge >= 0.3 is 0 Å². The van der Waals surface area contributed by atoms with E-state index in [2.05, 4.69) is 4.98 Å². The van der Waals surface area contributed by atoms with E-state index in [1.165, 1.54) is 11.3 Å². The molecule has 2 aromatic rings. The Morgan fingerprint density at radius 1 is 1.60 bits per heavy atom. The van der Waals surface area contributed by atoms with Gasteiger partial charge in [0.15, 0.2) is 0 Å². The maximum atomic E-state index is 12.6. The molecule has 1 atom stereocenters. The van der Waals surface area contributed by atoms with E-state index in [1.54, 1.807) is 12.4 Å². The Balaban J connectivity index is 1.84. The maximum absolute atomic E-state index is 12.6. The zero-order valence-electron chi connectivity index (χ0n) is 11.1. The van der Waals surface area contributed by atoms with Crippen molar-refractivity contribution in [2.24, 2.45) is 5.92 Å². The molecular formula is C14H17N3O2S. The van der Waals surface area contributed by atoms with Crippen LogP contribution in [0, 0.1) is 5.92 Å². The SMILES string of the molecule is Nc1c(C(=O)N2CCC(CCO)C2)sc2cnccc12. The summed E-state index contributed by atoms with van der Waals surface area (Å²) in [6.07, 6.45) is 5.15. The van der Waals surface area contributed by atoms with Crippen LogP contribution in [-0.4, -0.2) is 40.6 Å². The Hall–Kier alpha value is -1.66. The van der Waals surface area contributed by atoms with Gasteiger partial charge in [-0.1, -0.05) is 0 Å². The van der Waals surface area contributed by atoms with Crippen LogP contribution in [0.15, 0.2) is 18.5 Å². The van der Waals surface area contributed by atoms with Crippen LogP contribution in [0.3, 0.4) is 0 Å². The quantitative estimate of drug-likeness (QED) is 0.902. The van der Waals surface area contributed by atoms with E-state index in [0.29, 0.717) is 23.0 Å². The van der Waals surface area contributed by atoms with Gasteiger partial charge in [0, 0.05) is 37.5 Å². The Labute approximate surface area is 121 Å². The number of fused-ring (bicyclic) bond motifs is 1. The number of aliphatic hydroxyl groups excluding tert-OH is 1. The third-order valence-electron chi connectivity index (χ3n) is 3.84. The van der Waals surface area contributed by atoms with E-state index in [1.807, 2.05) is 11.0 Å². The minimum atomic E-state index is 0.00383. The molecule has 0 spiro atoms. The average molecular weight is 291 g/mol. The van der Waals surface area contributed by atoms with E-state index in [9.17, 15) is 4.79 Å². The molecule has 1 aliphatic rings. The van der Waals surface area contributed by atoms with Crippen molar-refractivity contribution in [2.45, 2.75) is 12.8 Å². The third-order valence-corrected chi connectivity index (χ3v) is 4.98. The van der Waals surface area contributed by atoms with Gasteiger partial charge in [0.1, 0.15) is 4.88 Å². The molecule has 5 nitrogen and oxygen atoms in total. The van der Waals surface area contributed by atoms with Crippen LogP contribution in [0.1, 0.15) is 22.5 Å². The summed E-state index contributed by atoms with van der Waals surface area (Å²) in [6.45, 7) is 1.64. The van der Waals surface area contributed by atoms with Crippen LogP contribution in [0.4, 0.5) is 5.69 Å². The first-order valence-electron chi connectivity index (χ1n) is 6.73. The van der Waals surface area contributed by atoms with Gasteiger partial charge < -0.3 is 15.7 Å². The number of carbonyl (C=O) groups excluding carboxylic acids is 1. The third kappa shape index (κ3) is 2.25. The van der Waals surface area contributed by atoms with Crippen LogP contribution in [0.25, 0.3) is 10.1 Å². The number of aromatic nitrogens is 1. The molecule has 1 saturated heterocycles. The molecule has 2 aromatic heterocycles. The minimum Gasteiger partial charge on any atom is -0.397 e. The van der Waals surface area contributed by atoms with Gasteiger partial charge in [-0.25, -0.2) is 0 Å². The molecule has 20 heavy (non-hydrogen) atoms. The van der Waals surface area contributed by atoms with Gasteiger partial charge in [0.25, 0.3) is 5.91 Å². The Morgan fingerprint density at radius 2 is 2.45 bits per heavy atom. The number of thiophene rings is 1. The molecule has 1 unspecified atom stereocenters. The van der Waals surface area contributed by atoms with Gasteiger partial charge in [-0.15, -0.1) is 11.3 Å². The molecule has 0 aromatic carbocycles. The van der Waals surface area contributed by atoms with Gasteiger partial charge in [-0.3, -0.25) is 9.78 Å². The van der Waals surface area contributed by atoms with Gasteiger partial charge in [0.05, 0.1) is 10.4 Å². The number of nitrogen functional groups attached to an aromatic ring is 1. The fourth-order valence-electron chi connectivity index (χ4n) is 2.71. The zero-order valence-corrected chi connectivity index (χ0v) is 11.9. The number of hydrogen-bond acceptors (Lipinski definition) is 5. The fraction of sp³-hybridized carbons (Fsp3) is 0.429. The summed E-state index contributed by atoms with van der Waals surface area (Å²) in [5.74, 6) is 0.408. The normalized spacial score (nSPS) is 18.9. The molecule has 0 saturated carbocycles. The van der Waals surface area contributed by atoms with Crippen LogP contribution < -0.4 is 5.73 Å². The zero-order chi connectivity index (χ0) is 14.1. The second-order valence-corrected chi connectivity index (χ2v) is 6.19. The molecule has 0 bridgehead atoms. The van der Waals surface area contributed by atoms with Crippen molar-refractivity contribution < 1.29 is 9.90 Å². The van der Waals surface area contributed by atoms with E-state index < -0.39 is 0 Å². The summed E-state index contributed by atoms with van der Waals surface area (Å²) in [5.41, 5.74) is 6.65. The number of nitrogens with zero attached hydrogens (tertiary/aromatic N) is 2. The largest absolute Gasteiger partial charge is 0.397 e. The minimum absolute atomic E-state index is 0.00383. The summed E-state index contributed by atoms with van der Waals surface area (Å²) in [4.78, 5) is 19.1. The molecule has 3 rings (SSSR count). The molecule has 1 fully saturated rings. The number of rotatable bonds is 3. The highest BCUT2D eigenvalue weighted by Crippen LogP contribution is 2.34. The van der Waals surface area contributed by atoms with E-state index in [-0.39, 0.29) is 12.5 Å². The van der Waals surface area contributed by atoms with E-state index >= 15 is 0 Å². The molecule has 1 aliphatic heterocycles. The number of amides is 1. The van der Waals surface area contributed by atoms with Crippen molar-refractivity contribution in [1.82, 2.24) is 9.88 Å². The van der Waals surface area contributed by atoms with Gasteiger partial charge in [-0.05, 0) is 24.8 Å². The second kappa shape index (κ2) is 5.38. The predicted molar refractivity (Wildman–Crippen MR) is 79.7 cm³/mol. The molecule has 106 valence electrons. The van der Waals surface area contributed by atoms with E-state index in [4.69, 9.17) is 10.8 Å². The number of anilines is 1. The second-order valence-electron chi connectivity index (χ2n) is 5.13. The maximum Gasteiger partial charge on any atom is 0.266 e. The first-order valence-corrected chi connectivity index (χ1v) is 7.54. The van der Waals surface area contributed by atoms with Crippen molar-refractivity contribution >= 4 is 33.0 Å². The average Bonchev–Trinajstić information content (AvgIpc) is 3.05. The van der Waals surface area contributed by atoms with Crippen molar-refractivity contribution in [3.63, 3.8) is 0 Å². The molecular weight excluding hydrogens is 274 g/mol. The standard InChI is InChI=1S/C14H17N3O2S/c15-12-10-1-4-16-7-11(10)20-13(12)14(19)17-5-2-9(8-17)3-6-18/h1,4,7,9,18H,2-3,5-6,8,15H2. The Morgan fingerprint density at radius 3 is 3.20 bits per heavy atom. The van der Waals surface area contributed by atoms with E-state index in [0.717, 1.165) is 29.5 Å². The lowest BCUT2D eigenvalue weighted by Crippen LogP contribution is -2.28. The smallest absolute Gasteiger partial charge is 0.266 e. The monoisotopic (exact) mass is 291 g/mol. The molecule has 0 aliphatic carbocycles. The van der Waals surface area contributed by atoms with Gasteiger partial charge in [0.2, 0.25) is 0 Å². The van der Waals surface area contributed by atoms with Crippen molar-refractivity contribution in [3.05, 3.63) is 23.3 Å². The fourth-order valence-corrected chi connectivity index (χ4v) is 3.77. The van der Waals surface area contributed by atoms with Crippen LogP contribution >= 0.6 is 11.3 Å². The summed E-state index contributed by atoms with van der Waals surface area (Å²) in [6, 6.07) is 1.84. The number of pyridine rings is 1. The predicted octanol–water partition coefficient (Wildman–Crippen LogP) is 1.72. The highest BCUT2D eigenvalue weighted by atomic mass is 32.1. The van der Waals surface area contributed by atoms with Crippen LogP contribution in [0.2, 0.25) is 0 Å². The van der Waals surface area contributed by atoms with Crippen molar-refractivity contribution in [1.29, 1.82) is 0 Å². The summed E-state index contributed by atoms with van der Waals surface area (Å²) in [5, 5.41) is 9.88. The summed E-state index contributed by atoms with van der Waals surface area (Å²) in [7, 11) is 0. The summed E-state index contributed by atoms with van der Waals surface area (Å²) >= 11 is 1.41. The van der Waals surface area contributed by atoms with Gasteiger partial charge in [-0.2, -0.15) is 0 Å². The number of aliphatic hydroxyl groups is 1. The molecule has 6 heteroatoms. The van der Waals surface area contributed by atoms with Crippen molar-refractivity contribution in [3.8, 4) is 0 Å². The topological polar surface area (TPSA) is 79.5 Å². The lowest BCUT2D eigenvalue weighted by Gasteiger charge is -2.15. The molecule has 3 heterocycles. The first-order chi connectivity index (χ1) is 9.70. The lowest BCUT2D eigenvalue weighted by molar-refractivity contribution is 0.0790. The Kier molecular flexibility index (Phi) is 3.58. The Bertz CT molecular complexity index is 640. The van der Waals surface area contributed by atoms with Crippen LogP contribution in [0.5, 0.6) is 0 Å². The highest BCUT2D eigenvalue weighted by Gasteiger charge is 2.29. The molecule has 0 radical (unpaired) electrons. The number of nitrogens with two attached hydrogens (primary N) is 1. The first kappa shape index (κ1) is 13.3. The number of carbonyl (C=O) groups is 1. The number of hydrogen-bond donors (Lipinski definition) is 2. The highest BCUT2D eigenvalue weighted by molar-refractivity contribution is 7.21. The lowest BCUT2D eigenvalue weighted by atomic mass is 10.1. The van der Waals surface area contributed by atoms with Crippen LogP contribution in [-0.2, 0) is 0 Å². The number of likely N-dealkylation sites (tertiary alicyclic amines) is 1. The molecule has 1 amide bonds. The summed E-state index contributed by atoms with van der Waals surface area (Å²) < 4.78 is 0.944.